The number of carbonyl (C=O) groups excluding carboxylic acids is 1. The maximum atomic E-state index is 12.5. The third-order valence-corrected chi connectivity index (χ3v) is 3.23. The highest BCUT2D eigenvalue weighted by molar-refractivity contribution is 5.83. The SMILES string of the molecule is COCCN(CC(C)C)C(=O)N1CC(O)CC1C(=O)O. The number of hydrogen-bond acceptors (Lipinski definition) is 4. The lowest BCUT2D eigenvalue weighted by molar-refractivity contribution is -0.141. The highest BCUT2D eigenvalue weighted by Crippen LogP contribution is 2.20. The number of aliphatic carboxylic acids is 1. The fraction of sp³-hybridized carbons (Fsp3) is 0.846. The van der Waals surface area contributed by atoms with Gasteiger partial charge in [-0.1, -0.05) is 13.8 Å². The number of likely N-dealkylation sites (tertiary alicyclic amines) is 1. The zero-order valence-corrected chi connectivity index (χ0v) is 12.3. The molecule has 1 heterocycles. The van der Waals surface area contributed by atoms with Crippen LogP contribution in [0.5, 0.6) is 0 Å². The Morgan fingerprint density at radius 2 is 2.10 bits per heavy atom. The number of urea groups is 1. The fourth-order valence-corrected chi connectivity index (χ4v) is 2.35. The van der Waals surface area contributed by atoms with Crippen LogP contribution in [0.2, 0.25) is 0 Å². The van der Waals surface area contributed by atoms with Crippen molar-refractivity contribution in [3.05, 3.63) is 0 Å². The number of hydrogen-bond donors (Lipinski definition) is 2. The van der Waals surface area contributed by atoms with E-state index < -0.39 is 18.1 Å². The zero-order valence-electron chi connectivity index (χ0n) is 12.3. The molecule has 2 amide bonds. The molecule has 0 aliphatic carbocycles. The summed E-state index contributed by atoms with van der Waals surface area (Å²) < 4.78 is 4.98. The summed E-state index contributed by atoms with van der Waals surface area (Å²) in [5, 5.41) is 18.7. The fourth-order valence-electron chi connectivity index (χ4n) is 2.35. The number of β-amino-alcohol motifs (C(OH)–C–C–N with tert-alkyl or cyclic N) is 1. The molecular weight excluding hydrogens is 264 g/mol. The number of aliphatic hydroxyl groups is 1. The number of amides is 2. The first-order chi connectivity index (χ1) is 9.36. The Hall–Kier alpha value is -1.34. The Morgan fingerprint density at radius 3 is 2.60 bits per heavy atom. The number of methoxy groups -OCH3 is 1. The van der Waals surface area contributed by atoms with Gasteiger partial charge in [-0.15, -0.1) is 0 Å². The molecule has 0 saturated carbocycles. The van der Waals surface area contributed by atoms with Crippen molar-refractivity contribution in [2.75, 3.05) is 33.4 Å². The van der Waals surface area contributed by atoms with E-state index in [1.54, 1.807) is 12.0 Å². The molecule has 0 radical (unpaired) electrons. The number of nitrogens with zero attached hydrogens (tertiary/aromatic N) is 2. The van der Waals surface area contributed by atoms with Crippen LogP contribution >= 0.6 is 0 Å². The molecule has 7 nitrogen and oxygen atoms in total. The molecule has 1 fully saturated rings. The van der Waals surface area contributed by atoms with Gasteiger partial charge in [-0.2, -0.15) is 0 Å². The van der Waals surface area contributed by atoms with E-state index in [0.717, 1.165) is 0 Å². The van der Waals surface area contributed by atoms with Gasteiger partial charge in [0.2, 0.25) is 0 Å². The molecule has 2 atom stereocenters. The van der Waals surface area contributed by atoms with Crippen molar-refractivity contribution in [3.63, 3.8) is 0 Å². The maximum absolute atomic E-state index is 12.5. The number of ether oxygens (including phenoxy) is 1. The number of aliphatic hydroxyl groups excluding tert-OH is 1. The molecule has 1 aliphatic heterocycles. The molecule has 2 N–H and O–H groups in total. The van der Waals surface area contributed by atoms with Crippen LogP contribution in [-0.4, -0.2) is 77.5 Å². The van der Waals surface area contributed by atoms with Crippen LogP contribution in [0, 0.1) is 5.92 Å². The first-order valence-corrected chi connectivity index (χ1v) is 6.82. The molecule has 0 aromatic carbocycles. The standard InChI is InChI=1S/C13H24N2O5/c1-9(2)7-14(4-5-20-3)13(19)15-8-10(16)6-11(15)12(17)18/h9-11,16H,4-8H2,1-3H3,(H,17,18). The van der Waals surface area contributed by atoms with Gasteiger partial charge in [0.25, 0.3) is 0 Å². The Kier molecular flexibility index (Phi) is 6.22. The second-order valence-corrected chi connectivity index (χ2v) is 5.51. The van der Waals surface area contributed by atoms with E-state index >= 15 is 0 Å². The third kappa shape index (κ3) is 4.35. The topological polar surface area (TPSA) is 90.3 Å². The van der Waals surface area contributed by atoms with Crippen molar-refractivity contribution in [2.45, 2.75) is 32.4 Å². The molecule has 0 spiro atoms. The average molecular weight is 288 g/mol. The van der Waals surface area contributed by atoms with Crippen LogP contribution in [0.4, 0.5) is 4.79 Å². The molecular formula is C13H24N2O5. The molecule has 116 valence electrons. The lowest BCUT2D eigenvalue weighted by atomic mass is 10.2. The predicted molar refractivity (Wildman–Crippen MR) is 72.4 cm³/mol. The van der Waals surface area contributed by atoms with Crippen LogP contribution in [0.25, 0.3) is 0 Å². The minimum Gasteiger partial charge on any atom is -0.480 e. The van der Waals surface area contributed by atoms with Gasteiger partial charge in [0.1, 0.15) is 6.04 Å². The second-order valence-electron chi connectivity index (χ2n) is 5.51. The van der Waals surface area contributed by atoms with Gasteiger partial charge in [0.15, 0.2) is 0 Å². The summed E-state index contributed by atoms with van der Waals surface area (Å²) in [5.74, 6) is -0.808. The Labute approximate surface area is 119 Å². The monoisotopic (exact) mass is 288 g/mol. The summed E-state index contributed by atoms with van der Waals surface area (Å²) in [7, 11) is 1.55. The summed E-state index contributed by atoms with van der Waals surface area (Å²) in [4.78, 5) is 26.5. The predicted octanol–water partition coefficient (Wildman–Crippen LogP) is 0.231. The van der Waals surface area contributed by atoms with E-state index in [1.165, 1.54) is 4.90 Å². The van der Waals surface area contributed by atoms with Crippen LogP contribution < -0.4 is 0 Å². The average Bonchev–Trinajstić information content (AvgIpc) is 2.75. The first kappa shape index (κ1) is 16.7. The van der Waals surface area contributed by atoms with Crippen molar-refractivity contribution >= 4 is 12.0 Å². The summed E-state index contributed by atoms with van der Waals surface area (Å²) >= 11 is 0. The Bertz CT molecular complexity index is 348. The van der Waals surface area contributed by atoms with Gasteiger partial charge in [0.05, 0.1) is 12.7 Å². The van der Waals surface area contributed by atoms with Crippen molar-refractivity contribution in [1.82, 2.24) is 9.80 Å². The van der Waals surface area contributed by atoms with Crippen molar-refractivity contribution in [1.29, 1.82) is 0 Å². The van der Waals surface area contributed by atoms with Gasteiger partial charge in [-0.05, 0) is 5.92 Å². The van der Waals surface area contributed by atoms with Crippen LogP contribution in [-0.2, 0) is 9.53 Å². The number of carbonyl (C=O) groups is 2. The number of rotatable bonds is 6. The molecule has 0 aromatic rings. The summed E-state index contributed by atoms with van der Waals surface area (Å²) in [6.45, 7) is 5.37. The summed E-state index contributed by atoms with van der Waals surface area (Å²) in [5.41, 5.74) is 0. The molecule has 1 rings (SSSR count). The quantitative estimate of drug-likeness (QED) is 0.730. The molecule has 20 heavy (non-hydrogen) atoms. The van der Waals surface area contributed by atoms with E-state index in [4.69, 9.17) is 9.84 Å². The summed E-state index contributed by atoms with van der Waals surface area (Å²) in [6.07, 6.45) is -0.690. The molecule has 7 heteroatoms. The van der Waals surface area contributed by atoms with Gasteiger partial charge in [-0.25, -0.2) is 9.59 Å². The highest BCUT2D eigenvalue weighted by Gasteiger charge is 2.40. The van der Waals surface area contributed by atoms with E-state index in [-0.39, 0.29) is 24.9 Å². The van der Waals surface area contributed by atoms with Crippen LogP contribution in [0.3, 0.4) is 0 Å². The van der Waals surface area contributed by atoms with Gasteiger partial charge < -0.3 is 24.7 Å². The molecule has 2 unspecified atom stereocenters. The number of carboxylic acids is 1. The number of carboxylic acid groups (broad SMARTS) is 1. The minimum absolute atomic E-state index is 0.0668. The van der Waals surface area contributed by atoms with E-state index in [0.29, 0.717) is 19.7 Å². The Balaban J connectivity index is 2.78. The van der Waals surface area contributed by atoms with E-state index in [9.17, 15) is 14.7 Å². The smallest absolute Gasteiger partial charge is 0.326 e. The second kappa shape index (κ2) is 7.44. The molecule has 1 saturated heterocycles. The van der Waals surface area contributed by atoms with Gasteiger partial charge in [0, 0.05) is 33.2 Å². The Morgan fingerprint density at radius 1 is 1.45 bits per heavy atom. The van der Waals surface area contributed by atoms with Crippen molar-refractivity contribution in [2.24, 2.45) is 5.92 Å². The van der Waals surface area contributed by atoms with Crippen LogP contribution in [0.1, 0.15) is 20.3 Å². The maximum Gasteiger partial charge on any atom is 0.326 e. The van der Waals surface area contributed by atoms with Gasteiger partial charge in [-0.3, -0.25) is 0 Å². The molecule has 0 aromatic heterocycles. The normalized spacial score (nSPS) is 22.4. The van der Waals surface area contributed by atoms with Crippen molar-refractivity contribution < 1.29 is 24.5 Å². The molecule has 0 bridgehead atoms. The minimum atomic E-state index is -1.08. The lowest BCUT2D eigenvalue weighted by Gasteiger charge is -2.31. The summed E-state index contributed by atoms with van der Waals surface area (Å²) in [6, 6.07) is -1.30. The highest BCUT2D eigenvalue weighted by atomic mass is 16.5. The van der Waals surface area contributed by atoms with Gasteiger partial charge >= 0.3 is 12.0 Å². The lowest BCUT2D eigenvalue weighted by Crippen LogP contribution is -2.50. The largest absolute Gasteiger partial charge is 0.480 e. The first-order valence-electron chi connectivity index (χ1n) is 6.82. The van der Waals surface area contributed by atoms with E-state index in [2.05, 4.69) is 0 Å². The van der Waals surface area contributed by atoms with E-state index in [1.807, 2.05) is 13.8 Å². The van der Waals surface area contributed by atoms with Crippen LogP contribution in [0.15, 0.2) is 0 Å². The third-order valence-electron chi connectivity index (χ3n) is 3.23. The van der Waals surface area contributed by atoms with Crippen molar-refractivity contribution in [3.8, 4) is 0 Å². The zero-order chi connectivity index (χ0) is 15.3. The molecule has 1 aliphatic rings.